The number of hydrogen-bond donors (Lipinski definition) is 0. The van der Waals surface area contributed by atoms with E-state index in [1.165, 1.54) is 23.1 Å². The largest absolute Gasteiger partial charge is 0.465 e. The van der Waals surface area contributed by atoms with Gasteiger partial charge in [-0.05, 0) is 47.1 Å². The highest BCUT2D eigenvalue weighted by atomic mass is 32.2. The molecule has 0 aliphatic carbocycles. The summed E-state index contributed by atoms with van der Waals surface area (Å²) in [4.78, 5) is 31.3. The van der Waals surface area contributed by atoms with Gasteiger partial charge in [0.15, 0.2) is 5.16 Å². The predicted molar refractivity (Wildman–Crippen MR) is 95.7 cm³/mol. The summed E-state index contributed by atoms with van der Waals surface area (Å²) in [7, 11) is 0. The molecule has 0 aliphatic rings. The molecule has 23 heavy (non-hydrogen) atoms. The molecule has 5 nitrogen and oxygen atoms in total. The zero-order valence-electron chi connectivity index (χ0n) is 14.3. The van der Waals surface area contributed by atoms with Gasteiger partial charge in [-0.3, -0.25) is 14.2 Å². The van der Waals surface area contributed by atoms with E-state index >= 15 is 0 Å². The van der Waals surface area contributed by atoms with Crippen molar-refractivity contribution in [2.24, 2.45) is 0 Å². The summed E-state index contributed by atoms with van der Waals surface area (Å²) in [5, 5.41) is 0.847. The van der Waals surface area contributed by atoms with Gasteiger partial charge in [0.1, 0.15) is 10.1 Å². The van der Waals surface area contributed by atoms with Crippen molar-refractivity contribution >= 4 is 39.3 Å². The number of thioether (sulfide) groups is 1. The Labute approximate surface area is 144 Å². The van der Waals surface area contributed by atoms with E-state index in [1.54, 1.807) is 18.4 Å². The Balaban J connectivity index is 2.57. The van der Waals surface area contributed by atoms with Crippen molar-refractivity contribution in [3.8, 4) is 0 Å². The summed E-state index contributed by atoms with van der Waals surface area (Å²) in [6, 6.07) is -0.0316. The topological polar surface area (TPSA) is 61.2 Å². The number of aryl methyl sites for hydroxylation is 2. The van der Waals surface area contributed by atoms with Crippen LogP contribution in [0.25, 0.3) is 10.2 Å². The van der Waals surface area contributed by atoms with E-state index in [4.69, 9.17) is 4.74 Å². The van der Waals surface area contributed by atoms with Crippen LogP contribution in [0.2, 0.25) is 0 Å². The maximum Gasteiger partial charge on any atom is 0.319 e. The van der Waals surface area contributed by atoms with E-state index in [2.05, 4.69) is 4.98 Å². The lowest BCUT2D eigenvalue weighted by Crippen LogP contribution is -2.26. The lowest BCUT2D eigenvalue weighted by molar-refractivity contribution is -0.142. The molecule has 1 atom stereocenters. The molecule has 2 aromatic heterocycles. The summed E-state index contributed by atoms with van der Waals surface area (Å²) in [5.41, 5.74) is 0.956. The van der Waals surface area contributed by atoms with E-state index < -0.39 is 5.25 Å². The second-order valence-electron chi connectivity index (χ2n) is 5.64. The number of thiophene rings is 1. The summed E-state index contributed by atoms with van der Waals surface area (Å²) in [5.74, 6) is -0.291. The third kappa shape index (κ3) is 3.45. The normalized spacial score (nSPS) is 12.8. The molecule has 0 spiro atoms. The number of rotatable bonds is 5. The van der Waals surface area contributed by atoms with Gasteiger partial charge in [-0.1, -0.05) is 11.8 Å². The van der Waals surface area contributed by atoms with Gasteiger partial charge in [-0.2, -0.15) is 0 Å². The molecule has 2 heterocycles. The van der Waals surface area contributed by atoms with E-state index in [1.807, 2.05) is 27.7 Å². The number of ether oxygens (including phenoxy) is 1. The molecule has 0 fully saturated rings. The van der Waals surface area contributed by atoms with Crippen LogP contribution in [0.5, 0.6) is 0 Å². The molecule has 0 amide bonds. The first-order valence-electron chi connectivity index (χ1n) is 7.63. The molecular formula is C16H22N2O3S2. The predicted octanol–water partition coefficient (Wildman–Crippen LogP) is 3.70. The average molecular weight is 354 g/mol. The van der Waals surface area contributed by atoms with Crippen LogP contribution in [0, 0.1) is 13.8 Å². The van der Waals surface area contributed by atoms with Gasteiger partial charge in [-0.15, -0.1) is 11.3 Å². The average Bonchev–Trinajstić information content (AvgIpc) is 2.73. The fourth-order valence-electron chi connectivity index (χ4n) is 2.29. The minimum atomic E-state index is -0.411. The molecule has 2 rings (SSSR count). The molecule has 0 bridgehead atoms. The zero-order valence-corrected chi connectivity index (χ0v) is 15.9. The van der Waals surface area contributed by atoms with Gasteiger partial charge in [-0.25, -0.2) is 4.98 Å². The first kappa shape index (κ1) is 18.0. The Bertz CT molecular complexity index is 793. The second-order valence-corrected chi connectivity index (χ2v) is 8.15. The van der Waals surface area contributed by atoms with Gasteiger partial charge in [0.05, 0.1) is 12.0 Å². The molecule has 0 N–H and O–H groups in total. The Hall–Kier alpha value is -1.34. The highest BCUT2D eigenvalue weighted by Crippen LogP contribution is 2.31. The second kappa shape index (κ2) is 7.05. The van der Waals surface area contributed by atoms with Crippen LogP contribution in [0.1, 0.15) is 44.2 Å². The van der Waals surface area contributed by atoms with E-state index in [0.29, 0.717) is 17.1 Å². The van der Waals surface area contributed by atoms with Crippen LogP contribution in [-0.2, 0) is 9.53 Å². The number of carbonyl (C=O) groups excluding carboxylic acids is 1. The smallest absolute Gasteiger partial charge is 0.319 e. The van der Waals surface area contributed by atoms with Crippen LogP contribution in [-0.4, -0.2) is 27.4 Å². The minimum Gasteiger partial charge on any atom is -0.465 e. The summed E-state index contributed by atoms with van der Waals surface area (Å²) in [6.45, 7) is 11.7. The fourth-order valence-corrected chi connectivity index (χ4v) is 4.40. The highest BCUT2D eigenvalue weighted by Gasteiger charge is 2.23. The van der Waals surface area contributed by atoms with Crippen LogP contribution >= 0.6 is 23.1 Å². The van der Waals surface area contributed by atoms with E-state index in [0.717, 1.165) is 15.3 Å². The third-order valence-corrected chi connectivity index (χ3v) is 5.77. The lowest BCUT2D eigenvalue weighted by Gasteiger charge is -2.17. The van der Waals surface area contributed by atoms with Crippen molar-refractivity contribution in [1.29, 1.82) is 0 Å². The molecule has 1 unspecified atom stereocenters. The van der Waals surface area contributed by atoms with Crippen LogP contribution in [0.3, 0.4) is 0 Å². The molecule has 126 valence electrons. The zero-order chi connectivity index (χ0) is 17.3. The van der Waals surface area contributed by atoms with Crippen molar-refractivity contribution in [3.05, 3.63) is 20.8 Å². The van der Waals surface area contributed by atoms with Crippen molar-refractivity contribution < 1.29 is 9.53 Å². The van der Waals surface area contributed by atoms with Gasteiger partial charge in [0, 0.05) is 10.9 Å². The standard InChI is InChI=1S/C16H22N2O3S2/c1-7-21-15(20)11(6)23-16-17-13-12(9(4)10(5)22-13)14(19)18(16)8(2)3/h8,11H,7H2,1-6H3. The first-order valence-corrected chi connectivity index (χ1v) is 9.33. The number of nitrogens with zero attached hydrogens (tertiary/aromatic N) is 2. The van der Waals surface area contributed by atoms with Crippen molar-refractivity contribution in [1.82, 2.24) is 9.55 Å². The van der Waals surface area contributed by atoms with Crippen LogP contribution in [0.4, 0.5) is 0 Å². The van der Waals surface area contributed by atoms with Gasteiger partial charge in [0.2, 0.25) is 0 Å². The van der Waals surface area contributed by atoms with E-state index in [-0.39, 0.29) is 17.6 Å². The molecule has 0 saturated heterocycles. The molecule has 0 saturated carbocycles. The summed E-state index contributed by atoms with van der Waals surface area (Å²) < 4.78 is 6.71. The Morgan fingerprint density at radius 1 is 1.35 bits per heavy atom. The molecule has 0 aromatic carbocycles. The lowest BCUT2D eigenvalue weighted by atomic mass is 10.2. The maximum atomic E-state index is 12.9. The third-order valence-electron chi connectivity index (χ3n) is 3.62. The quantitative estimate of drug-likeness (QED) is 0.465. The Morgan fingerprint density at radius 3 is 2.57 bits per heavy atom. The van der Waals surface area contributed by atoms with Crippen molar-refractivity contribution in [2.75, 3.05) is 6.61 Å². The maximum absolute atomic E-state index is 12.9. The monoisotopic (exact) mass is 354 g/mol. The number of esters is 1. The Morgan fingerprint density at radius 2 is 2.00 bits per heavy atom. The number of hydrogen-bond acceptors (Lipinski definition) is 6. The van der Waals surface area contributed by atoms with Crippen molar-refractivity contribution in [3.63, 3.8) is 0 Å². The summed E-state index contributed by atoms with van der Waals surface area (Å²) >= 11 is 2.79. The SMILES string of the molecule is CCOC(=O)C(C)Sc1nc2sc(C)c(C)c2c(=O)n1C(C)C. The molecule has 0 radical (unpaired) electrons. The van der Waals surface area contributed by atoms with Crippen LogP contribution < -0.4 is 5.56 Å². The summed E-state index contributed by atoms with van der Waals surface area (Å²) in [6.07, 6.45) is 0. The van der Waals surface area contributed by atoms with Crippen molar-refractivity contribution in [2.45, 2.75) is 58.0 Å². The number of fused-ring (bicyclic) bond motifs is 1. The molecule has 2 aromatic rings. The van der Waals surface area contributed by atoms with Gasteiger partial charge < -0.3 is 4.74 Å². The van der Waals surface area contributed by atoms with Crippen LogP contribution in [0.15, 0.2) is 9.95 Å². The fraction of sp³-hybridized carbons (Fsp3) is 0.562. The molecule has 7 heteroatoms. The highest BCUT2D eigenvalue weighted by molar-refractivity contribution is 8.00. The molecular weight excluding hydrogens is 332 g/mol. The number of carbonyl (C=O) groups is 1. The Kier molecular flexibility index (Phi) is 5.52. The molecule has 0 aliphatic heterocycles. The minimum absolute atomic E-state index is 0.0316. The van der Waals surface area contributed by atoms with Gasteiger partial charge in [0.25, 0.3) is 5.56 Å². The number of aromatic nitrogens is 2. The van der Waals surface area contributed by atoms with Gasteiger partial charge >= 0.3 is 5.97 Å². The first-order chi connectivity index (χ1) is 10.8. The van der Waals surface area contributed by atoms with E-state index in [9.17, 15) is 9.59 Å².